The van der Waals surface area contributed by atoms with Gasteiger partial charge in [-0.05, 0) is 52.1 Å². The summed E-state index contributed by atoms with van der Waals surface area (Å²) in [6.07, 6.45) is 3.42. The van der Waals surface area contributed by atoms with Crippen LogP contribution in [0.15, 0.2) is 12.7 Å². The first kappa shape index (κ1) is 11.3. The van der Waals surface area contributed by atoms with E-state index < -0.39 is 0 Å². The van der Waals surface area contributed by atoms with Gasteiger partial charge in [0.1, 0.15) is 19.6 Å². The predicted octanol–water partition coefficient (Wildman–Crippen LogP) is 1.75. The monoisotopic (exact) mass is 429 g/mol. The Morgan fingerprint density at radius 1 is 1.33 bits per heavy atom. The van der Waals surface area contributed by atoms with Crippen LogP contribution in [0.25, 0.3) is 0 Å². The summed E-state index contributed by atoms with van der Waals surface area (Å²) in [7, 11) is 0. The van der Waals surface area contributed by atoms with Crippen molar-refractivity contribution in [3.63, 3.8) is 0 Å². The van der Waals surface area contributed by atoms with E-state index in [4.69, 9.17) is 0 Å². The highest BCUT2D eigenvalue weighted by atomic mass is 127. The SMILES string of the molecule is CCn1ncnc1Cn1cnc(I)c1I. The lowest BCUT2D eigenvalue weighted by Gasteiger charge is -2.04. The molecule has 0 fully saturated rings. The zero-order chi connectivity index (χ0) is 10.8. The average molecular weight is 429 g/mol. The number of halogens is 2. The largest absolute Gasteiger partial charge is 0.317 e. The summed E-state index contributed by atoms with van der Waals surface area (Å²) in [4.78, 5) is 8.47. The van der Waals surface area contributed by atoms with Crippen LogP contribution in [0.5, 0.6) is 0 Å². The Balaban J connectivity index is 2.25. The lowest BCUT2D eigenvalue weighted by molar-refractivity contribution is 0.588. The molecule has 2 heterocycles. The molecule has 0 aliphatic rings. The van der Waals surface area contributed by atoms with Crippen LogP contribution in [0.2, 0.25) is 0 Å². The maximum Gasteiger partial charge on any atom is 0.146 e. The van der Waals surface area contributed by atoms with Gasteiger partial charge in [-0.2, -0.15) is 5.10 Å². The van der Waals surface area contributed by atoms with E-state index in [0.717, 1.165) is 26.3 Å². The van der Waals surface area contributed by atoms with Crippen LogP contribution < -0.4 is 0 Å². The van der Waals surface area contributed by atoms with Gasteiger partial charge in [-0.3, -0.25) is 0 Å². The van der Waals surface area contributed by atoms with Crippen molar-refractivity contribution in [2.45, 2.75) is 20.0 Å². The Labute approximate surface area is 115 Å². The smallest absolute Gasteiger partial charge is 0.146 e. The fraction of sp³-hybridized carbons (Fsp3) is 0.375. The van der Waals surface area contributed by atoms with Gasteiger partial charge in [-0.15, -0.1) is 0 Å². The molecule has 0 aliphatic carbocycles. The van der Waals surface area contributed by atoms with Gasteiger partial charge in [0.15, 0.2) is 0 Å². The standard InChI is InChI=1S/C8H9I2N5/c1-2-15-6(11-4-13-15)3-14-5-12-7(9)8(14)10/h4-5H,2-3H2,1H3. The fourth-order valence-corrected chi connectivity index (χ4v) is 2.15. The molecule has 0 unspecified atom stereocenters. The second-order valence-electron chi connectivity index (χ2n) is 2.95. The van der Waals surface area contributed by atoms with Crippen molar-refractivity contribution in [3.8, 4) is 0 Å². The second-order valence-corrected chi connectivity index (χ2v) is 4.99. The van der Waals surface area contributed by atoms with Crippen molar-refractivity contribution in [3.05, 3.63) is 25.9 Å². The maximum atomic E-state index is 4.24. The molecule has 0 aromatic carbocycles. The minimum absolute atomic E-state index is 0.724. The zero-order valence-electron chi connectivity index (χ0n) is 8.06. The van der Waals surface area contributed by atoms with Crippen LogP contribution in [0.3, 0.4) is 0 Å². The minimum Gasteiger partial charge on any atom is -0.317 e. The molecular formula is C8H9I2N5. The third kappa shape index (κ3) is 2.32. The Bertz CT molecular complexity index is 461. The first-order valence-corrected chi connectivity index (χ1v) is 6.61. The van der Waals surface area contributed by atoms with Gasteiger partial charge in [-0.25, -0.2) is 14.6 Å². The van der Waals surface area contributed by atoms with Gasteiger partial charge in [0.05, 0.1) is 12.9 Å². The molecule has 2 aromatic rings. The van der Waals surface area contributed by atoms with Crippen LogP contribution >= 0.6 is 45.2 Å². The van der Waals surface area contributed by atoms with Crippen molar-refractivity contribution in [2.75, 3.05) is 0 Å². The number of nitrogens with zero attached hydrogens (tertiary/aromatic N) is 5. The van der Waals surface area contributed by atoms with Crippen LogP contribution in [-0.4, -0.2) is 24.3 Å². The van der Waals surface area contributed by atoms with Gasteiger partial charge in [0.2, 0.25) is 0 Å². The van der Waals surface area contributed by atoms with E-state index in [1.807, 2.05) is 11.0 Å². The van der Waals surface area contributed by atoms with Crippen LogP contribution in [0.4, 0.5) is 0 Å². The van der Waals surface area contributed by atoms with E-state index in [1.165, 1.54) is 0 Å². The second kappa shape index (κ2) is 4.76. The normalized spacial score (nSPS) is 10.9. The van der Waals surface area contributed by atoms with Crippen molar-refractivity contribution >= 4 is 45.2 Å². The van der Waals surface area contributed by atoms with E-state index in [-0.39, 0.29) is 0 Å². The molecule has 2 aromatic heterocycles. The molecule has 0 aliphatic heterocycles. The van der Waals surface area contributed by atoms with Gasteiger partial charge in [-0.1, -0.05) is 0 Å². The number of imidazole rings is 1. The van der Waals surface area contributed by atoms with Crippen LogP contribution in [0.1, 0.15) is 12.7 Å². The molecule has 0 bridgehead atoms. The molecule has 2 rings (SSSR count). The molecule has 15 heavy (non-hydrogen) atoms. The summed E-state index contributed by atoms with van der Waals surface area (Å²) in [5.74, 6) is 0.962. The molecule has 0 spiro atoms. The summed E-state index contributed by atoms with van der Waals surface area (Å²) < 4.78 is 6.12. The third-order valence-corrected chi connectivity index (χ3v) is 4.99. The molecule has 0 N–H and O–H groups in total. The van der Waals surface area contributed by atoms with Gasteiger partial charge >= 0.3 is 0 Å². The molecule has 0 atom stereocenters. The molecule has 7 heteroatoms. The topological polar surface area (TPSA) is 48.5 Å². The van der Waals surface area contributed by atoms with E-state index in [2.05, 4.69) is 71.7 Å². The van der Waals surface area contributed by atoms with Gasteiger partial charge in [0, 0.05) is 6.54 Å². The number of aryl methyl sites for hydroxylation is 1. The van der Waals surface area contributed by atoms with Gasteiger partial charge in [0.25, 0.3) is 0 Å². The molecule has 0 amide bonds. The number of rotatable bonds is 3. The van der Waals surface area contributed by atoms with Crippen molar-refractivity contribution in [2.24, 2.45) is 0 Å². The van der Waals surface area contributed by atoms with Crippen molar-refractivity contribution < 1.29 is 0 Å². The van der Waals surface area contributed by atoms with E-state index >= 15 is 0 Å². The minimum atomic E-state index is 0.724. The summed E-state index contributed by atoms with van der Waals surface area (Å²) in [6, 6.07) is 0. The molecule has 80 valence electrons. The summed E-state index contributed by atoms with van der Waals surface area (Å²) in [6.45, 7) is 3.63. The zero-order valence-corrected chi connectivity index (χ0v) is 12.4. The first-order valence-electron chi connectivity index (χ1n) is 4.45. The Morgan fingerprint density at radius 3 is 2.73 bits per heavy atom. The Hall–Kier alpha value is -0.190. The number of aromatic nitrogens is 5. The summed E-state index contributed by atoms with van der Waals surface area (Å²) in [5, 5.41) is 4.13. The van der Waals surface area contributed by atoms with E-state index in [9.17, 15) is 0 Å². The number of hydrogen-bond donors (Lipinski definition) is 0. The van der Waals surface area contributed by atoms with Crippen molar-refractivity contribution in [1.29, 1.82) is 0 Å². The lowest BCUT2D eigenvalue weighted by Crippen LogP contribution is -2.09. The Kier molecular flexibility index (Phi) is 3.59. The van der Waals surface area contributed by atoms with E-state index in [1.54, 1.807) is 6.33 Å². The maximum absolute atomic E-state index is 4.24. The fourth-order valence-electron chi connectivity index (χ4n) is 1.28. The van der Waals surface area contributed by atoms with Crippen LogP contribution in [0, 0.1) is 7.40 Å². The summed E-state index contributed by atoms with van der Waals surface area (Å²) in [5.41, 5.74) is 0. The highest BCUT2D eigenvalue weighted by molar-refractivity contribution is 14.1. The van der Waals surface area contributed by atoms with Crippen LogP contribution in [-0.2, 0) is 13.1 Å². The molecular weight excluding hydrogens is 420 g/mol. The molecule has 0 radical (unpaired) electrons. The summed E-state index contributed by atoms with van der Waals surface area (Å²) >= 11 is 4.51. The molecule has 5 nitrogen and oxygen atoms in total. The molecule has 0 saturated carbocycles. The Morgan fingerprint density at radius 2 is 2.13 bits per heavy atom. The third-order valence-electron chi connectivity index (χ3n) is 2.04. The van der Waals surface area contributed by atoms with E-state index in [0.29, 0.717) is 0 Å². The highest BCUT2D eigenvalue weighted by Crippen LogP contribution is 2.14. The quantitative estimate of drug-likeness (QED) is 0.700. The first-order chi connectivity index (χ1) is 7.22. The van der Waals surface area contributed by atoms with Crippen molar-refractivity contribution in [1.82, 2.24) is 24.3 Å². The number of hydrogen-bond acceptors (Lipinski definition) is 3. The van der Waals surface area contributed by atoms with Gasteiger partial charge < -0.3 is 4.57 Å². The predicted molar refractivity (Wildman–Crippen MR) is 72.5 cm³/mol. The highest BCUT2D eigenvalue weighted by Gasteiger charge is 2.08. The molecule has 0 saturated heterocycles. The lowest BCUT2D eigenvalue weighted by atomic mass is 10.5. The average Bonchev–Trinajstić information content (AvgIpc) is 2.80.